The second kappa shape index (κ2) is 4.27. The van der Waals surface area contributed by atoms with E-state index in [1.807, 2.05) is 12.1 Å². The van der Waals surface area contributed by atoms with E-state index in [1.54, 1.807) is 12.1 Å². The van der Waals surface area contributed by atoms with E-state index in [0.29, 0.717) is 23.8 Å². The zero-order valence-corrected chi connectivity index (χ0v) is 11.8. The van der Waals surface area contributed by atoms with E-state index in [-0.39, 0.29) is 5.41 Å². The molecule has 0 atom stereocenters. The Morgan fingerprint density at radius 3 is 2.44 bits per heavy atom. The van der Waals surface area contributed by atoms with Gasteiger partial charge in [-0.3, -0.25) is 4.79 Å². The fourth-order valence-corrected chi connectivity index (χ4v) is 2.90. The van der Waals surface area contributed by atoms with Crippen LogP contribution in [0.1, 0.15) is 39.2 Å². The average molecular weight is 267 g/mol. The van der Waals surface area contributed by atoms with Crippen LogP contribution in [-0.2, 0) is 10.2 Å². The number of hydrogen-bond donors (Lipinski definition) is 1. The first-order valence-corrected chi connectivity index (χ1v) is 6.63. The van der Waals surface area contributed by atoms with Crippen molar-refractivity contribution in [3.63, 3.8) is 0 Å². The number of carbonyl (C=O) groups is 1. The second-order valence-electron chi connectivity index (χ2n) is 6.37. The molecule has 0 heterocycles. The van der Waals surface area contributed by atoms with Gasteiger partial charge in [-0.15, -0.1) is 0 Å². The van der Waals surface area contributed by atoms with E-state index in [2.05, 4.69) is 20.8 Å². The Morgan fingerprint density at radius 2 is 2.00 bits per heavy atom. The molecule has 3 heteroatoms. The third-order valence-corrected chi connectivity index (χ3v) is 4.44. The fourth-order valence-electron chi connectivity index (χ4n) is 2.71. The van der Waals surface area contributed by atoms with Gasteiger partial charge in [0.15, 0.2) is 0 Å². The van der Waals surface area contributed by atoms with Gasteiger partial charge < -0.3 is 5.11 Å². The molecule has 1 fully saturated rings. The van der Waals surface area contributed by atoms with Crippen LogP contribution in [0.5, 0.6) is 0 Å². The molecule has 2 nitrogen and oxygen atoms in total. The van der Waals surface area contributed by atoms with Crippen molar-refractivity contribution in [3.05, 3.63) is 34.9 Å². The highest BCUT2D eigenvalue weighted by atomic mass is 35.5. The van der Waals surface area contributed by atoms with Crippen molar-refractivity contribution < 1.29 is 9.90 Å². The van der Waals surface area contributed by atoms with Crippen molar-refractivity contribution in [2.45, 2.75) is 39.0 Å². The molecule has 0 unspecified atom stereocenters. The molecule has 0 bridgehead atoms. The molecule has 0 aromatic heterocycles. The van der Waals surface area contributed by atoms with Gasteiger partial charge in [0.05, 0.1) is 5.41 Å². The Labute approximate surface area is 113 Å². The van der Waals surface area contributed by atoms with E-state index < -0.39 is 11.4 Å². The van der Waals surface area contributed by atoms with Gasteiger partial charge in [-0.1, -0.05) is 44.5 Å². The van der Waals surface area contributed by atoms with Gasteiger partial charge in [0, 0.05) is 5.02 Å². The molecule has 1 N–H and O–H groups in total. The third-order valence-electron chi connectivity index (χ3n) is 4.20. The molecule has 0 saturated heterocycles. The maximum atomic E-state index is 11.6. The minimum Gasteiger partial charge on any atom is -0.481 e. The van der Waals surface area contributed by atoms with Crippen molar-refractivity contribution in [3.8, 4) is 0 Å². The maximum Gasteiger partial charge on any atom is 0.314 e. The van der Waals surface area contributed by atoms with Crippen LogP contribution < -0.4 is 0 Å². The van der Waals surface area contributed by atoms with Gasteiger partial charge in [-0.05, 0) is 41.9 Å². The zero-order chi connectivity index (χ0) is 13.6. The zero-order valence-electron chi connectivity index (χ0n) is 11.0. The second-order valence-corrected chi connectivity index (χ2v) is 6.81. The van der Waals surface area contributed by atoms with Crippen LogP contribution in [0.4, 0.5) is 0 Å². The smallest absolute Gasteiger partial charge is 0.314 e. The van der Waals surface area contributed by atoms with Crippen molar-refractivity contribution in [2.24, 2.45) is 11.3 Å². The van der Waals surface area contributed by atoms with Crippen LogP contribution >= 0.6 is 11.6 Å². The highest BCUT2D eigenvalue weighted by Gasteiger charge is 2.54. The van der Waals surface area contributed by atoms with E-state index in [0.717, 1.165) is 5.56 Å². The molecular weight excluding hydrogens is 248 g/mol. The Morgan fingerprint density at radius 1 is 1.39 bits per heavy atom. The molecular formula is C15H19ClO2. The molecule has 1 aromatic rings. The summed E-state index contributed by atoms with van der Waals surface area (Å²) >= 11 is 5.97. The summed E-state index contributed by atoms with van der Waals surface area (Å²) in [6.07, 6.45) is 1.40. The number of hydrogen-bond acceptors (Lipinski definition) is 1. The first kappa shape index (κ1) is 13.4. The lowest BCUT2D eigenvalue weighted by atomic mass is 9.52. The molecule has 2 rings (SSSR count). The molecule has 0 spiro atoms. The number of carboxylic acids is 1. The summed E-state index contributed by atoms with van der Waals surface area (Å²) in [6.45, 7) is 6.50. The molecule has 1 aliphatic rings. The first-order chi connectivity index (χ1) is 8.25. The number of carboxylic acid groups (broad SMARTS) is 1. The lowest BCUT2D eigenvalue weighted by Crippen LogP contribution is -2.51. The van der Waals surface area contributed by atoms with Crippen LogP contribution in [0.15, 0.2) is 24.3 Å². The quantitative estimate of drug-likeness (QED) is 0.874. The molecule has 0 aliphatic heterocycles. The van der Waals surface area contributed by atoms with E-state index in [9.17, 15) is 9.90 Å². The third kappa shape index (κ3) is 2.14. The molecule has 1 aliphatic carbocycles. The minimum atomic E-state index is -0.733. The number of halogens is 1. The molecule has 18 heavy (non-hydrogen) atoms. The Balaban J connectivity index is 2.30. The van der Waals surface area contributed by atoms with Crippen LogP contribution in [0.3, 0.4) is 0 Å². The Bertz CT molecular complexity index is 468. The highest BCUT2D eigenvalue weighted by Crippen LogP contribution is 2.54. The summed E-state index contributed by atoms with van der Waals surface area (Å²) in [7, 11) is 0. The fraction of sp³-hybridized carbons (Fsp3) is 0.533. The summed E-state index contributed by atoms with van der Waals surface area (Å²) in [5, 5.41) is 10.2. The maximum absolute atomic E-state index is 11.6. The van der Waals surface area contributed by atoms with E-state index in [4.69, 9.17) is 11.6 Å². The van der Waals surface area contributed by atoms with Gasteiger partial charge in [0.1, 0.15) is 0 Å². The van der Waals surface area contributed by atoms with Crippen molar-refractivity contribution >= 4 is 17.6 Å². The standard InChI is InChI=1S/C15H19ClO2/c1-14(2,3)11-8-15(9-11,13(17)18)10-5-4-6-12(16)7-10/h4-7,11H,8-9H2,1-3H3,(H,17,18). The monoisotopic (exact) mass is 266 g/mol. The first-order valence-electron chi connectivity index (χ1n) is 6.25. The number of rotatable bonds is 2. The van der Waals surface area contributed by atoms with Crippen molar-refractivity contribution in [1.82, 2.24) is 0 Å². The Hall–Kier alpha value is -1.02. The summed E-state index contributed by atoms with van der Waals surface area (Å²) in [4.78, 5) is 11.6. The van der Waals surface area contributed by atoms with Gasteiger partial charge in [0.25, 0.3) is 0 Å². The molecule has 1 aromatic carbocycles. The highest BCUT2D eigenvalue weighted by molar-refractivity contribution is 6.30. The van der Waals surface area contributed by atoms with Gasteiger partial charge in [-0.25, -0.2) is 0 Å². The number of aliphatic carboxylic acids is 1. The summed E-state index contributed by atoms with van der Waals surface area (Å²) in [6, 6.07) is 7.26. The predicted octanol–water partition coefficient (Wildman–Crippen LogP) is 4.12. The SMILES string of the molecule is CC(C)(C)C1CC(C(=O)O)(c2cccc(Cl)c2)C1. The minimum absolute atomic E-state index is 0.164. The van der Waals surface area contributed by atoms with Crippen LogP contribution in [0.25, 0.3) is 0 Å². The van der Waals surface area contributed by atoms with Crippen molar-refractivity contribution in [2.75, 3.05) is 0 Å². The van der Waals surface area contributed by atoms with Crippen LogP contribution in [-0.4, -0.2) is 11.1 Å². The van der Waals surface area contributed by atoms with E-state index in [1.165, 1.54) is 0 Å². The van der Waals surface area contributed by atoms with Gasteiger partial charge >= 0.3 is 5.97 Å². The summed E-state index contributed by atoms with van der Waals surface area (Å²) < 4.78 is 0. The van der Waals surface area contributed by atoms with Gasteiger partial charge in [0.2, 0.25) is 0 Å². The molecule has 0 radical (unpaired) electrons. The lowest BCUT2D eigenvalue weighted by Gasteiger charge is -2.50. The van der Waals surface area contributed by atoms with Crippen LogP contribution in [0, 0.1) is 11.3 Å². The summed E-state index contributed by atoms with van der Waals surface area (Å²) in [5.74, 6) is -0.280. The number of benzene rings is 1. The normalized spacial score (nSPS) is 27.7. The predicted molar refractivity (Wildman–Crippen MR) is 72.9 cm³/mol. The average Bonchev–Trinajstić information content (AvgIpc) is 2.12. The van der Waals surface area contributed by atoms with Gasteiger partial charge in [-0.2, -0.15) is 0 Å². The molecule has 1 saturated carbocycles. The van der Waals surface area contributed by atoms with Crippen LogP contribution in [0.2, 0.25) is 5.02 Å². The van der Waals surface area contributed by atoms with E-state index >= 15 is 0 Å². The Kier molecular flexibility index (Phi) is 3.18. The molecule has 0 amide bonds. The lowest BCUT2D eigenvalue weighted by molar-refractivity contribution is -0.152. The van der Waals surface area contributed by atoms with Crippen molar-refractivity contribution in [1.29, 1.82) is 0 Å². The summed E-state index contributed by atoms with van der Waals surface area (Å²) in [5.41, 5.74) is 0.267. The topological polar surface area (TPSA) is 37.3 Å². The largest absolute Gasteiger partial charge is 0.481 e. The molecule has 98 valence electrons.